The molecule has 0 radical (unpaired) electrons. The Morgan fingerprint density at radius 3 is 3.00 bits per heavy atom. The lowest BCUT2D eigenvalue weighted by atomic mass is 10.2. The third-order valence-corrected chi connectivity index (χ3v) is 2.85. The summed E-state index contributed by atoms with van der Waals surface area (Å²) in [5, 5.41) is 5.73. The zero-order valence-electron chi connectivity index (χ0n) is 9.22. The van der Waals surface area contributed by atoms with Crippen molar-refractivity contribution in [2.24, 2.45) is 0 Å². The van der Waals surface area contributed by atoms with E-state index >= 15 is 0 Å². The summed E-state index contributed by atoms with van der Waals surface area (Å²) in [7, 11) is 0. The van der Waals surface area contributed by atoms with Gasteiger partial charge in [0.05, 0.1) is 6.54 Å². The van der Waals surface area contributed by atoms with Gasteiger partial charge in [-0.3, -0.25) is 0 Å². The van der Waals surface area contributed by atoms with Crippen LogP contribution in [0.25, 0.3) is 10.9 Å². The first-order valence-corrected chi connectivity index (χ1v) is 5.64. The Labute approximate surface area is 103 Å². The van der Waals surface area contributed by atoms with Crippen LogP contribution in [0.15, 0.2) is 35.0 Å². The number of benzene rings is 1. The fraction of sp³-hybridized carbons (Fsp3) is 0.167. The maximum atomic E-state index is 5.94. The van der Waals surface area contributed by atoms with Crippen LogP contribution in [-0.2, 0) is 6.54 Å². The predicted molar refractivity (Wildman–Crippen MR) is 65.1 cm³/mol. The van der Waals surface area contributed by atoms with Crippen LogP contribution in [0.4, 0.5) is 0 Å². The van der Waals surface area contributed by atoms with Crippen LogP contribution in [0.2, 0.25) is 5.02 Å². The molecule has 3 rings (SSSR count). The Balaban J connectivity index is 2.00. The Bertz CT molecular complexity index is 671. The summed E-state index contributed by atoms with van der Waals surface area (Å²) in [6.07, 6.45) is 1.99. The van der Waals surface area contributed by atoms with Crippen molar-refractivity contribution in [2.75, 3.05) is 0 Å². The molecule has 0 saturated heterocycles. The zero-order valence-corrected chi connectivity index (χ0v) is 9.98. The molecule has 0 aliphatic rings. The van der Waals surface area contributed by atoms with E-state index in [9.17, 15) is 0 Å². The SMILES string of the molecule is Cc1nc(Cn2ccc3cc(Cl)ccc32)no1. The van der Waals surface area contributed by atoms with Crippen molar-refractivity contribution in [3.8, 4) is 0 Å². The molecule has 0 atom stereocenters. The molecule has 4 nitrogen and oxygen atoms in total. The fourth-order valence-corrected chi connectivity index (χ4v) is 2.05. The number of hydrogen-bond acceptors (Lipinski definition) is 3. The van der Waals surface area contributed by atoms with Gasteiger partial charge in [0, 0.05) is 29.0 Å². The van der Waals surface area contributed by atoms with Gasteiger partial charge in [0.15, 0.2) is 5.82 Å². The molecular formula is C12H10ClN3O. The van der Waals surface area contributed by atoms with Crippen molar-refractivity contribution in [3.05, 3.63) is 47.2 Å². The van der Waals surface area contributed by atoms with Gasteiger partial charge < -0.3 is 9.09 Å². The maximum Gasteiger partial charge on any atom is 0.223 e. The molecule has 0 aliphatic heterocycles. The Morgan fingerprint density at radius 1 is 1.35 bits per heavy atom. The minimum Gasteiger partial charge on any atom is -0.340 e. The maximum absolute atomic E-state index is 5.94. The van der Waals surface area contributed by atoms with Gasteiger partial charge in [0.25, 0.3) is 0 Å². The lowest BCUT2D eigenvalue weighted by Crippen LogP contribution is -1.99. The van der Waals surface area contributed by atoms with E-state index in [0.717, 1.165) is 15.9 Å². The zero-order chi connectivity index (χ0) is 11.8. The highest BCUT2D eigenvalue weighted by Crippen LogP contribution is 2.20. The topological polar surface area (TPSA) is 43.9 Å². The summed E-state index contributed by atoms with van der Waals surface area (Å²) in [4.78, 5) is 4.19. The van der Waals surface area contributed by atoms with Crippen LogP contribution >= 0.6 is 11.6 Å². The number of aryl methyl sites for hydroxylation is 1. The second-order valence-corrected chi connectivity index (χ2v) is 4.31. The molecular weight excluding hydrogens is 238 g/mol. The van der Waals surface area contributed by atoms with Crippen LogP contribution in [0.5, 0.6) is 0 Å². The molecule has 0 aliphatic carbocycles. The van der Waals surface area contributed by atoms with Gasteiger partial charge in [-0.1, -0.05) is 16.8 Å². The number of rotatable bonds is 2. The molecule has 2 aromatic heterocycles. The van der Waals surface area contributed by atoms with Gasteiger partial charge in [-0.2, -0.15) is 4.98 Å². The van der Waals surface area contributed by atoms with Crippen molar-refractivity contribution in [1.82, 2.24) is 14.7 Å². The molecule has 1 aromatic carbocycles. The largest absolute Gasteiger partial charge is 0.340 e. The first-order valence-electron chi connectivity index (χ1n) is 5.26. The lowest BCUT2D eigenvalue weighted by Gasteiger charge is -2.01. The van der Waals surface area contributed by atoms with Crippen molar-refractivity contribution in [1.29, 1.82) is 0 Å². The summed E-state index contributed by atoms with van der Waals surface area (Å²) >= 11 is 5.94. The highest BCUT2D eigenvalue weighted by Gasteiger charge is 2.06. The highest BCUT2D eigenvalue weighted by atomic mass is 35.5. The summed E-state index contributed by atoms with van der Waals surface area (Å²) < 4.78 is 7.01. The van der Waals surface area contributed by atoms with Crippen LogP contribution in [0.1, 0.15) is 11.7 Å². The summed E-state index contributed by atoms with van der Waals surface area (Å²) in [6.45, 7) is 2.38. The molecule has 0 spiro atoms. The molecule has 0 amide bonds. The van der Waals surface area contributed by atoms with Gasteiger partial charge in [-0.15, -0.1) is 0 Å². The van der Waals surface area contributed by atoms with E-state index in [1.165, 1.54) is 0 Å². The predicted octanol–water partition coefficient (Wildman–Crippen LogP) is 3.03. The first-order chi connectivity index (χ1) is 8.22. The second-order valence-electron chi connectivity index (χ2n) is 3.88. The average molecular weight is 248 g/mol. The minimum atomic E-state index is 0.583. The molecule has 3 aromatic rings. The molecule has 0 unspecified atom stereocenters. The normalized spacial score (nSPS) is 11.2. The quantitative estimate of drug-likeness (QED) is 0.699. The van der Waals surface area contributed by atoms with Gasteiger partial charge in [0.2, 0.25) is 5.89 Å². The standard InChI is InChI=1S/C12H10ClN3O/c1-8-14-12(15-17-8)7-16-5-4-9-6-10(13)2-3-11(9)16/h2-6H,7H2,1H3. The van der Waals surface area contributed by atoms with Crippen LogP contribution < -0.4 is 0 Å². The van der Waals surface area contributed by atoms with E-state index in [4.69, 9.17) is 16.1 Å². The van der Waals surface area contributed by atoms with Gasteiger partial charge in [0.1, 0.15) is 0 Å². The lowest BCUT2D eigenvalue weighted by molar-refractivity contribution is 0.386. The molecule has 17 heavy (non-hydrogen) atoms. The third-order valence-electron chi connectivity index (χ3n) is 2.61. The van der Waals surface area contributed by atoms with E-state index in [1.807, 2.05) is 30.5 Å². The summed E-state index contributed by atoms with van der Waals surface area (Å²) in [5.74, 6) is 1.26. The Morgan fingerprint density at radius 2 is 2.24 bits per heavy atom. The van der Waals surface area contributed by atoms with Crippen LogP contribution in [0.3, 0.4) is 0 Å². The van der Waals surface area contributed by atoms with E-state index in [0.29, 0.717) is 18.3 Å². The van der Waals surface area contributed by atoms with Gasteiger partial charge in [-0.25, -0.2) is 0 Å². The summed E-state index contributed by atoms with van der Waals surface area (Å²) in [6, 6.07) is 7.83. The van der Waals surface area contributed by atoms with Crippen molar-refractivity contribution >= 4 is 22.5 Å². The van der Waals surface area contributed by atoms with Gasteiger partial charge >= 0.3 is 0 Å². The number of hydrogen-bond donors (Lipinski definition) is 0. The average Bonchev–Trinajstić information content (AvgIpc) is 2.86. The van der Waals surface area contributed by atoms with E-state index in [-0.39, 0.29) is 0 Å². The van der Waals surface area contributed by atoms with Crippen LogP contribution in [-0.4, -0.2) is 14.7 Å². The van der Waals surface area contributed by atoms with E-state index in [1.54, 1.807) is 6.92 Å². The second kappa shape index (κ2) is 3.89. The number of halogens is 1. The molecule has 86 valence electrons. The molecule has 5 heteroatoms. The van der Waals surface area contributed by atoms with Gasteiger partial charge in [-0.05, 0) is 24.3 Å². The molecule has 0 N–H and O–H groups in total. The molecule has 0 bridgehead atoms. The molecule has 0 saturated carbocycles. The number of fused-ring (bicyclic) bond motifs is 1. The Kier molecular flexibility index (Phi) is 2.37. The van der Waals surface area contributed by atoms with E-state index in [2.05, 4.69) is 14.7 Å². The minimum absolute atomic E-state index is 0.583. The van der Waals surface area contributed by atoms with Crippen LogP contribution in [0, 0.1) is 6.92 Å². The summed E-state index contributed by atoms with van der Waals surface area (Å²) in [5.41, 5.74) is 1.11. The molecule has 0 fully saturated rings. The highest BCUT2D eigenvalue weighted by molar-refractivity contribution is 6.31. The Hall–Kier alpha value is -1.81. The van der Waals surface area contributed by atoms with E-state index < -0.39 is 0 Å². The number of nitrogens with zero attached hydrogens (tertiary/aromatic N) is 3. The monoisotopic (exact) mass is 247 g/mol. The number of aromatic nitrogens is 3. The van der Waals surface area contributed by atoms with Crippen molar-refractivity contribution in [3.63, 3.8) is 0 Å². The van der Waals surface area contributed by atoms with Crippen molar-refractivity contribution in [2.45, 2.75) is 13.5 Å². The molecule has 2 heterocycles. The smallest absolute Gasteiger partial charge is 0.223 e. The third kappa shape index (κ3) is 1.91. The fourth-order valence-electron chi connectivity index (χ4n) is 1.87. The van der Waals surface area contributed by atoms with Crippen molar-refractivity contribution < 1.29 is 4.52 Å². The first kappa shape index (κ1) is 10.4.